The number of piperazine rings is 1. The second-order valence-electron chi connectivity index (χ2n) is 8.53. The molecule has 1 spiro atoms. The molecule has 3 heterocycles. The fourth-order valence-electron chi connectivity index (χ4n) is 4.53. The van der Waals surface area contributed by atoms with E-state index in [2.05, 4.69) is 27.6 Å². The molecule has 2 aliphatic heterocycles. The van der Waals surface area contributed by atoms with Gasteiger partial charge in [0.2, 0.25) is 0 Å². The average Bonchev–Trinajstić information content (AvgIpc) is 2.96. The number of carbonyl (C=O) groups is 3. The maximum absolute atomic E-state index is 12.8. The van der Waals surface area contributed by atoms with Gasteiger partial charge in [0.1, 0.15) is 31.7 Å². The van der Waals surface area contributed by atoms with Crippen LogP contribution in [0.15, 0.2) is 24.4 Å². The zero-order valence-corrected chi connectivity index (χ0v) is 16.9. The van der Waals surface area contributed by atoms with Gasteiger partial charge in [0.05, 0.1) is 6.20 Å². The number of hydrogen-bond donors (Lipinski definition) is 3. The summed E-state index contributed by atoms with van der Waals surface area (Å²) in [5.74, 6) is 1.01. The molecule has 0 atom stereocenters. The highest BCUT2D eigenvalue weighted by Crippen LogP contribution is 2.35. The molecule has 1 saturated carbocycles. The molecule has 4 rings (SSSR count). The van der Waals surface area contributed by atoms with Crippen LogP contribution in [0, 0.1) is 5.92 Å². The molecule has 1 aromatic heterocycles. The van der Waals surface area contributed by atoms with E-state index in [1.807, 2.05) is 24.4 Å². The van der Waals surface area contributed by atoms with Crippen molar-refractivity contribution in [2.24, 2.45) is 5.92 Å². The van der Waals surface area contributed by atoms with Crippen LogP contribution in [0.25, 0.3) is 0 Å². The van der Waals surface area contributed by atoms with Crippen LogP contribution in [0.5, 0.6) is 0 Å². The maximum atomic E-state index is 12.8. The van der Waals surface area contributed by atoms with E-state index in [9.17, 15) is 14.4 Å². The largest absolute Gasteiger partial charge is 0.344 e. The molecule has 1 aromatic rings. The van der Waals surface area contributed by atoms with Crippen molar-refractivity contribution >= 4 is 23.7 Å². The van der Waals surface area contributed by atoms with Crippen molar-refractivity contribution < 1.29 is 24.3 Å². The molecule has 9 nitrogen and oxygen atoms in total. The first-order valence-corrected chi connectivity index (χ1v) is 10.5. The molecule has 0 aromatic carbocycles. The predicted molar refractivity (Wildman–Crippen MR) is 105 cm³/mol. The van der Waals surface area contributed by atoms with Crippen molar-refractivity contribution in [3.05, 3.63) is 24.4 Å². The van der Waals surface area contributed by atoms with Gasteiger partial charge in [-0.15, -0.1) is 0 Å². The van der Waals surface area contributed by atoms with Gasteiger partial charge in [-0.2, -0.15) is 5.01 Å². The summed E-state index contributed by atoms with van der Waals surface area (Å²) in [5, 5.41) is 3.72. The second kappa shape index (κ2) is 7.98. The van der Waals surface area contributed by atoms with Crippen molar-refractivity contribution in [1.29, 1.82) is 0 Å². The fourth-order valence-corrected chi connectivity index (χ4v) is 4.53. The minimum Gasteiger partial charge on any atom is -0.322 e. The molecule has 4 amide bonds. The van der Waals surface area contributed by atoms with Crippen LogP contribution >= 0.6 is 0 Å². The first-order valence-electron chi connectivity index (χ1n) is 10.5. The highest BCUT2D eigenvalue weighted by atomic mass is 16.2. The molecule has 2 saturated heterocycles. The number of pyridine rings is 1. The Balaban J connectivity index is 1.28. The summed E-state index contributed by atoms with van der Waals surface area (Å²) >= 11 is 0. The summed E-state index contributed by atoms with van der Waals surface area (Å²) in [7, 11) is 0. The number of quaternary nitrogens is 1. The van der Waals surface area contributed by atoms with Crippen molar-refractivity contribution in [2.75, 3.05) is 37.6 Å². The molecular formula is C20H30N6O3+2. The highest BCUT2D eigenvalue weighted by molar-refractivity contribution is 6.08. The van der Waals surface area contributed by atoms with E-state index in [1.165, 1.54) is 0 Å². The zero-order valence-electron chi connectivity index (χ0n) is 16.9. The number of hydrazine groups is 1. The van der Waals surface area contributed by atoms with E-state index < -0.39 is 11.6 Å². The summed E-state index contributed by atoms with van der Waals surface area (Å²) in [6.45, 7) is 5.72. The highest BCUT2D eigenvalue weighted by Gasteiger charge is 2.53. The van der Waals surface area contributed by atoms with Crippen molar-refractivity contribution in [3.63, 3.8) is 0 Å². The van der Waals surface area contributed by atoms with Crippen LogP contribution in [-0.2, 0) is 9.59 Å². The molecule has 0 radical (unpaired) electrons. The maximum Gasteiger partial charge on any atom is 0.344 e. The standard InChI is InChI=1S/C20H28N6O3/c1-15-5-7-20(8-6-15)18(28)26(19(29)22-20)23-17(27)14-24-10-12-25(13-11-24)16-4-2-3-9-21-16/h2-4,9,15H,5-8,10-14H2,1H3,(H,22,29)(H,23,27)/p+2. The molecule has 1 aliphatic carbocycles. The average molecular weight is 402 g/mol. The summed E-state index contributed by atoms with van der Waals surface area (Å²) in [6.07, 6.45) is 4.98. The number of H-pyrrole nitrogens is 1. The van der Waals surface area contributed by atoms with Crippen molar-refractivity contribution in [2.45, 2.75) is 38.1 Å². The van der Waals surface area contributed by atoms with Crippen LogP contribution in [-0.4, -0.2) is 61.1 Å². The Morgan fingerprint density at radius 3 is 2.66 bits per heavy atom. The van der Waals surface area contributed by atoms with Crippen LogP contribution in [0.1, 0.15) is 32.6 Å². The summed E-state index contributed by atoms with van der Waals surface area (Å²) < 4.78 is 0. The number of nitrogens with one attached hydrogen (secondary N) is 4. The van der Waals surface area contributed by atoms with Crippen LogP contribution < -0.4 is 25.5 Å². The quantitative estimate of drug-likeness (QED) is 0.547. The lowest BCUT2D eigenvalue weighted by atomic mass is 9.77. The second-order valence-corrected chi connectivity index (χ2v) is 8.53. The molecule has 0 bridgehead atoms. The molecule has 3 fully saturated rings. The Kier molecular flexibility index (Phi) is 5.40. The Bertz CT molecular complexity index is 770. The Labute approximate surface area is 170 Å². The van der Waals surface area contributed by atoms with E-state index in [0.29, 0.717) is 18.8 Å². The van der Waals surface area contributed by atoms with E-state index in [4.69, 9.17) is 0 Å². The van der Waals surface area contributed by atoms with Gasteiger partial charge in [0, 0.05) is 6.07 Å². The van der Waals surface area contributed by atoms with E-state index >= 15 is 0 Å². The van der Waals surface area contributed by atoms with E-state index in [1.54, 1.807) is 0 Å². The number of nitrogens with zero attached hydrogens (tertiary/aromatic N) is 2. The zero-order chi connectivity index (χ0) is 20.4. The lowest BCUT2D eigenvalue weighted by Gasteiger charge is -2.33. The van der Waals surface area contributed by atoms with Gasteiger partial charge in [-0.05, 0) is 37.7 Å². The van der Waals surface area contributed by atoms with Crippen LogP contribution in [0.2, 0.25) is 0 Å². The number of imide groups is 1. The topological polar surface area (TPSA) is 100 Å². The number of aromatic amines is 1. The third-order valence-electron chi connectivity index (χ3n) is 6.44. The normalized spacial score (nSPS) is 28.0. The molecule has 9 heteroatoms. The van der Waals surface area contributed by atoms with Crippen LogP contribution in [0.4, 0.5) is 10.6 Å². The molecule has 3 aliphatic rings. The number of rotatable bonds is 4. The number of anilines is 1. The minimum absolute atomic E-state index is 0.243. The van der Waals surface area contributed by atoms with Crippen molar-refractivity contribution in [3.8, 4) is 0 Å². The van der Waals surface area contributed by atoms with Crippen molar-refractivity contribution in [1.82, 2.24) is 15.8 Å². The first-order chi connectivity index (χ1) is 14.0. The lowest BCUT2D eigenvalue weighted by Crippen LogP contribution is -3.16. The molecular weight excluding hydrogens is 372 g/mol. The Morgan fingerprint density at radius 2 is 2.00 bits per heavy atom. The van der Waals surface area contributed by atoms with Crippen LogP contribution in [0.3, 0.4) is 0 Å². The van der Waals surface area contributed by atoms with Gasteiger partial charge in [-0.1, -0.05) is 13.0 Å². The summed E-state index contributed by atoms with van der Waals surface area (Å²) in [6, 6.07) is 5.47. The number of carbonyl (C=O) groups excluding carboxylic acids is 3. The molecule has 29 heavy (non-hydrogen) atoms. The molecule has 4 N–H and O–H groups in total. The number of aromatic nitrogens is 1. The van der Waals surface area contributed by atoms with Gasteiger partial charge >= 0.3 is 6.03 Å². The third-order valence-corrected chi connectivity index (χ3v) is 6.44. The van der Waals surface area contributed by atoms with Gasteiger partial charge < -0.3 is 10.2 Å². The third kappa shape index (κ3) is 4.05. The number of amides is 4. The van der Waals surface area contributed by atoms with Gasteiger partial charge in [0.25, 0.3) is 17.6 Å². The monoisotopic (exact) mass is 402 g/mol. The summed E-state index contributed by atoms with van der Waals surface area (Å²) in [5.41, 5.74) is 1.71. The molecule has 156 valence electrons. The van der Waals surface area contributed by atoms with Gasteiger partial charge in [-0.3, -0.25) is 19.9 Å². The number of hydrogen-bond acceptors (Lipinski definition) is 4. The fraction of sp³-hybridized carbons (Fsp3) is 0.600. The Hall–Kier alpha value is -2.68. The molecule has 0 unspecified atom stereocenters. The SMILES string of the molecule is CC1CCC2(CC1)NC(=O)N(NC(=O)C[NH+]1CCN(c3cccc[nH+]3)CC1)C2=O. The minimum atomic E-state index is -0.832. The smallest absolute Gasteiger partial charge is 0.322 e. The predicted octanol–water partition coefficient (Wildman–Crippen LogP) is -1.26. The van der Waals surface area contributed by atoms with Gasteiger partial charge in [-0.25, -0.2) is 9.78 Å². The van der Waals surface area contributed by atoms with Gasteiger partial charge in [0.15, 0.2) is 6.54 Å². The first kappa shape index (κ1) is 19.6. The summed E-state index contributed by atoms with van der Waals surface area (Å²) in [4.78, 5) is 44.3. The lowest BCUT2D eigenvalue weighted by molar-refractivity contribution is -0.892. The van der Waals surface area contributed by atoms with E-state index in [-0.39, 0.29) is 18.4 Å². The Morgan fingerprint density at radius 1 is 1.28 bits per heavy atom. The van der Waals surface area contributed by atoms with E-state index in [0.717, 1.165) is 54.7 Å². The number of urea groups is 1.